The van der Waals surface area contributed by atoms with Gasteiger partial charge in [0.2, 0.25) is 0 Å². The second kappa shape index (κ2) is 6.86. The maximum atomic E-state index is 6.15. The Hall–Kier alpha value is -0.970. The normalized spacial score (nSPS) is 25.7. The number of hydrogen-bond donors (Lipinski definition) is 1. The van der Waals surface area contributed by atoms with Gasteiger partial charge in [-0.2, -0.15) is 0 Å². The van der Waals surface area contributed by atoms with E-state index in [9.17, 15) is 0 Å². The van der Waals surface area contributed by atoms with Crippen molar-refractivity contribution in [2.45, 2.75) is 57.4 Å². The molecule has 21 heavy (non-hydrogen) atoms. The van der Waals surface area contributed by atoms with E-state index in [4.69, 9.17) is 4.74 Å². The topological polar surface area (TPSA) is 37.4 Å². The minimum Gasteiger partial charge on any atom is -0.372 e. The molecule has 1 aromatic heterocycles. The van der Waals surface area contributed by atoms with Crippen LogP contribution in [0.4, 0.5) is 0 Å². The number of nitrogens with one attached hydrogen (secondary N) is 1. The van der Waals surface area contributed by atoms with Crippen molar-refractivity contribution in [3.8, 4) is 0 Å². The van der Waals surface area contributed by atoms with Crippen LogP contribution in [0, 0.1) is 6.92 Å². The SMILES string of the molecule is Cc1cccc(CN(C)CC2CCC(CNC3CC3)O2)n1. The van der Waals surface area contributed by atoms with E-state index in [1.807, 2.05) is 13.0 Å². The van der Waals surface area contributed by atoms with Gasteiger partial charge in [0.25, 0.3) is 0 Å². The first-order valence-electron chi connectivity index (χ1n) is 8.19. The fraction of sp³-hybridized carbons (Fsp3) is 0.706. The number of hydrogen-bond acceptors (Lipinski definition) is 4. The molecule has 0 bridgehead atoms. The predicted octanol–water partition coefficient (Wildman–Crippen LogP) is 2.12. The molecule has 1 aliphatic heterocycles. The average Bonchev–Trinajstić information content (AvgIpc) is 3.17. The first kappa shape index (κ1) is 14.9. The highest BCUT2D eigenvalue weighted by Crippen LogP contribution is 2.23. The van der Waals surface area contributed by atoms with Crippen molar-refractivity contribution in [2.75, 3.05) is 20.1 Å². The molecule has 2 unspecified atom stereocenters. The Morgan fingerprint density at radius 2 is 2.05 bits per heavy atom. The Balaban J connectivity index is 1.39. The van der Waals surface area contributed by atoms with Gasteiger partial charge in [0.1, 0.15) is 0 Å². The highest BCUT2D eigenvalue weighted by atomic mass is 16.5. The summed E-state index contributed by atoms with van der Waals surface area (Å²) in [5, 5.41) is 3.57. The number of aromatic nitrogens is 1. The van der Waals surface area contributed by atoms with Crippen molar-refractivity contribution in [3.63, 3.8) is 0 Å². The van der Waals surface area contributed by atoms with Crippen LogP contribution >= 0.6 is 0 Å². The highest BCUT2D eigenvalue weighted by molar-refractivity contribution is 5.09. The molecule has 0 spiro atoms. The zero-order chi connectivity index (χ0) is 14.7. The van der Waals surface area contributed by atoms with Gasteiger partial charge in [-0.1, -0.05) is 6.07 Å². The van der Waals surface area contributed by atoms with Crippen LogP contribution in [-0.4, -0.2) is 48.3 Å². The minimum absolute atomic E-state index is 0.380. The molecule has 2 fully saturated rings. The molecule has 116 valence electrons. The molecule has 1 saturated heterocycles. The average molecular weight is 289 g/mol. The first-order valence-corrected chi connectivity index (χ1v) is 8.19. The molecule has 1 aliphatic carbocycles. The van der Waals surface area contributed by atoms with Crippen molar-refractivity contribution >= 4 is 0 Å². The van der Waals surface area contributed by atoms with Gasteiger partial charge in [0.15, 0.2) is 0 Å². The summed E-state index contributed by atoms with van der Waals surface area (Å²) in [6.45, 7) is 4.97. The summed E-state index contributed by atoms with van der Waals surface area (Å²) >= 11 is 0. The monoisotopic (exact) mass is 289 g/mol. The van der Waals surface area contributed by atoms with Crippen LogP contribution in [0.3, 0.4) is 0 Å². The maximum Gasteiger partial charge on any atom is 0.0707 e. The van der Waals surface area contributed by atoms with Crippen LogP contribution in [0.5, 0.6) is 0 Å². The van der Waals surface area contributed by atoms with Gasteiger partial charge in [-0.15, -0.1) is 0 Å². The van der Waals surface area contributed by atoms with Crippen molar-refractivity contribution in [1.82, 2.24) is 15.2 Å². The Morgan fingerprint density at radius 3 is 2.81 bits per heavy atom. The number of ether oxygens (including phenoxy) is 1. The van der Waals surface area contributed by atoms with Crippen LogP contribution in [0.15, 0.2) is 18.2 Å². The van der Waals surface area contributed by atoms with Crippen molar-refractivity contribution in [3.05, 3.63) is 29.6 Å². The maximum absolute atomic E-state index is 6.15. The smallest absolute Gasteiger partial charge is 0.0707 e. The standard InChI is InChI=1S/C17H27N3O/c1-13-4-3-5-15(19-13)11-20(2)12-17-9-8-16(21-17)10-18-14-6-7-14/h3-5,14,16-18H,6-12H2,1-2H3. The molecule has 4 heteroatoms. The molecule has 2 heterocycles. The molecule has 0 aromatic carbocycles. The molecule has 0 radical (unpaired) electrons. The lowest BCUT2D eigenvalue weighted by molar-refractivity contribution is 0.0264. The third-order valence-corrected chi connectivity index (χ3v) is 4.30. The molecule has 2 atom stereocenters. The number of pyridine rings is 1. The quantitative estimate of drug-likeness (QED) is 0.834. The van der Waals surface area contributed by atoms with E-state index in [0.717, 1.165) is 37.1 Å². The van der Waals surface area contributed by atoms with Gasteiger partial charge in [0, 0.05) is 31.4 Å². The van der Waals surface area contributed by atoms with Crippen LogP contribution in [0.25, 0.3) is 0 Å². The van der Waals surface area contributed by atoms with Crippen LogP contribution in [-0.2, 0) is 11.3 Å². The fourth-order valence-corrected chi connectivity index (χ4v) is 3.03. The molecule has 0 amide bonds. The summed E-state index contributed by atoms with van der Waals surface area (Å²) in [7, 11) is 2.16. The van der Waals surface area contributed by atoms with Gasteiger partial charge in [0.05, 0.1) is 17.9 Å². The molecule has 1 N–H and O–H groups in total. The largest absolute Gasteiger partial charge is 0.372 e. The fourth-order valence-electron chi connectivity index (χ4n) is 3.03. The second-order valence-electron chi connectivity index (χ2n) is 6.61. The van der Waals surface area contributed by atoms with Crippen molar-refractivity contribution in [1.29, 1.82) is 0 Å². The second-order valence-corrected chi connectivity index (χ2v) is 6.61. The summed E-state index contributed by atoms with van der Waals surface area (Å²) < 4.78 is 6.15. The van der Waals surface area contributed by atoms with E-state index in [0.29, 0.717) is 12.2 Å². The highest BCUT2D eigenvalue weighted by Gasteiger charge is 2.28. The zero-order valence-electron chi connectivity index (χ0n) is 13.2. The number of nitrogens with zero attached hydrogens (tertiary/aromatic N) is 2. The van der Waals surface area contributed by atoms with E-state index < -0.39 is 0 Å². The van der Waals surface area contributed by atoms with Gasteiger partial charge < -0.3 is 10.1 Å². The van der Waals surface area contributed by atoms with E-state index in [-0.39, 0.29) is 0 Å². The summed E-state index contributed by atoms with van der Waals surface area (Å²) in [4.78, 5) is 6.89. The third kappa shape index (κ3) is 4.77. The van der Waals surface area contributed by atoms with Crippen molar-refractivity contribution < 1.29 is 4.74 Å². The van der Waals surface area contributed by atoms with E-state index in [2.05, 4.69) is 34.4 Å². The summed E-state index contributed by atoms with van der Waals surface area (Å²) in [6, 6.07) is 7.00. The predicted molar refractivity (Wildman–Crippen MR) is 84.2 cm³/mol. The summed E-state index contributed by atoms with van der Waals surface area (Å²) in [5.41, 5.74) is 2.23. The minimum atomic E-state index is 0.380. The molecular formula is C17H27N3O. The Morgan fingerprint density at radius 1 is 1.24 bits per heavy atom. The van der Waals surface area contributed by atoms with E-state index in [1.165, 1.54) is 25.7 Å². The molecule has 4 nitrogen and oxygen atoms in total. The van der Waals surface area contributed by atoms with Gasteiger partial charge in [-0.05, 0) is 51.8 Å². The number of likely N-dealkylation sites (N-methyl/N-ethyl adjacent to an activating group) is 1. The summed E-state index contributed by atoms with van der Waals surface area (Å²) in [6.07, 6.45) is 5.88. The lowest BCUT2D eigenvalue weighted by Gasteiger charge is -2.21. The van der Waals surface area contributed by atoms with Gasteiger partial charge in [-0.25, -0.2) is 0 Å². The summed E-state index contributed by atoms with van der Waals surface area (Å²) in [5.74, 6) is 0. The van der Waals surface area contributed by atoms with Crippen LogP contribution in [0.1, 0.15) is 37.1 Å². The first-order chi connectivity index (χ1) is 10.2. The Labute approximate surface area is 127 Å². The number of rotatable bonds is 7. The van der Waals surface area contributed by atoms with Gasteiger partial charge in [-0.3, -0.25) is 9.88 Å². The lowest BCUT2D eigenvalue weighted by atomic mass is 10.2. The third-order valence-electron chi connectivity index (χ3n) is 4.30. The molecule has 1 saturated carbocycles. The van der Waals surface area contributed by atoms with Crippen LogP contribution in [0.2, 0.25) is 0 Å². The van der Waals surface area contributed by atoms with E-state index in [1.54, 1.807) is 0 Å². The molecule has 3 rings (SSSR count). The molecule has 2 aliphatic rings. The number of aryl methyl sites for hydroxylation is 1. The molecule has 1 aromatic rings. The Kier molecular flexibility index (Phi) is 4.88. The van der Waals surface area contributed by atoms with Crippen molar-refractivity contribution in [2.24, 2.45) is 0 Å². The molecular weight excluding hydrogens is 262 g/mol. The Bertz CT molecular complexity index is 461. The van der Waals surface area contributed by atoms with E-state index >= 15 is 0 Å². The zero-order valence-corrected chi connectivity index (χ0v) is 13.2. The lowest BCUT2D eigenvalue weighted by Crippen LogP contribution is -2.32. The van der Waals surface area contributed by atoms with Gasteiger partial charge >= 0.3 is 0 Å². The van der Waals surface area contributed by atoms with Crippen LogP contribution < -0.4 is 5.32 Å².